The Labute approximate surface area is 154 Å². The van der Waals surface area contributed by atoms with Crippen LogP contribution in [-0.4, -0.2) is 55.8 Å². The highest BCUT2D eigenvalue weighted by Crippen LogP contribution is 2.26. The van der Waals surface area contributed by atoms with Crippen molar-refractivity contribution in [2.45, 2.75) is 43.5 Å². The summed E-state index contributed by atoms with van der Waals surface area (Å²) in [6.45, 7) is 3.85. The van der Waals surface area contributed by atoms with Crippen molar-refractivity contribution in [1.29, 1.82) is 0 Å². The number of likely N-dealkylation sites (tertiary alicyclic amines) is 1. The van der Waals surface area contributed by atoms with Gasteiger partial charge in [-0.3, -0.25) is 4.79 Å². The molecule has 0 saturated carbocycles. The predicted octanol–water partition coefficient (Wildman–Crippen LogP) is 1.81. The SMILES string of the molecule is CC(N)C1CCCN(S(=O)(=O)c2ccc(C(=O)N3CCCC3)c(F)c2)C1. The van der Waals surface area contributed by atoms with Gasteiger partial charge < -0.3 is 10.6 Å². The van der Waals surface area contributed by atoms with Gasteiger partial charge in [0.15, 0.2) is 0 Å². The van der Waals surface area contributed by atoms with E-state index in [0.717, 1.165) is 31.7 Å². The number of amides is 1. The van der Waals surface area contributed by atoms with Crippen LogP contribution in [0.1, 0.15) is 43.0 Å². The van der Waals surface area contributed by atoms with E-state index in [9.17, 15) is 17.6 Å². The predicted molar refractivity (Wildman–Crippen MR) is 96.7 cm³/mol. The Hall–Kier alpha value is -1.51. The summed E-state index contributed by atoms with van der Waals surface area (Å²) < 4.78 is 41.6. The fourth-order valence-corrected chi connectivity index (χ4v) is 5.24. The van der Waals surface area contributed by atoms with Crippen molar-refractivity contribution < 1.29 is 17.6 Å². The van der Waals surface area contributed by atoms with Crippen molar-refractivity contribution in [1.82, 2.24) is 9.21 Å². The van der Waals surface area contributed by atoms with Gasteiger partial charge in [0.1, 0.15) is 5.82 Å². The zero-order valence-corrected chi connectivity index (χ0v) is 15.8. The molecule has 1 aromatic rings. The molecule has 0 aromatic heterocycles. The van der Waals surface area contributed by atoms with E-state index in [4.69, 9.17) is 5.73 Å². The standard InChI is InChI=1S/C18H26FN3O3S/c1-13(20)14-5-4-10-22(12-14)26(24,25)15-6-7-16(17(19)11-15)18(23)21-8-2-3-9-21/h6-7,11,13-14H,2-5,8-10,12,20H2,1H3. The maximum absolute atomic E-state index is 14.5. The fourth-order valence-electron chi connectivity index (χ4n) is 3.69. The lowest BCUT2D eigenvalue weighted by Gasteiger charge is -2.33. The molecule has 2 N–H and O–H groups in total. The van der Waals surface area contributed by atoms with Crippen LogP contribution in [0.25, 0.3) is 0 Å². The van der Waals surface area contributed by atoms with Gasteiger partial charge in [-0.15, -0.1) is 0 Å². The Bertz CT molecular complexity index is 776. The van der Waals surface area contributed by atoms with Crippen molar-refractivity contribution in [3.8, 4) is 0 Å². The molecule has 144 valence electrons. The monoisotopic (exact) mass is 383 g/mol. The first kappa shape index (κ1) is 19.3. The highest BCUT2D eigenvalue weighted by Gasteiger charge is 2.32. The van der Waals surface area contributed by atoms with E-state index in [0.29, 0.717) is 26.2 Å². The number of hydrogen-bond acceptors (Lipinski definition) is 4. The minimum Gasteiger partial charge on any atom is -0.339 e. The summed E-state index contributed by atoms with van der Waals surface area (Å²) in [6.07, 6.45) is 3.45. The lowest BCUT2D eigenvalue weighted by atomic mass is 9.93. The van der Waals surface area contributed by atoms with E-state index in [1.807, 2.05) is 6.92 Å². The Balaban J connectivity index is 1.82. The van der Waals surface area contributed by atoms with Crippen LogP contribution in [0.3, 0.4) is 0 Å². The van der Waals surface area contributed by atoms with Crippen LogP contribution in [-0.2, 0) is 10.0 Å². The summed E-state index contributed by atoms with van der Waals surface area (Å²) in [5.41, 5.74) is 5.85. The van der Waals surface area contributed by atoms with Gasteiger partial charge in [-0.25, -0.2) is 12.8 Å². The minimum absolute atomic E-state index is 0.0713. The molecule has 8 heteroatoms. The number of nitrogens with two attached hydrogens (primary N) is 1. The molecule has 0 aliphatic carbocycles. The van der Waals surface area contributed by atoms with E-state index in [-0.39, 0.29) is 28.3 Å². The molecular weight excluding hydrogens is 357 g/mol. The molecule has 2 aliphatic rings. The minimum atomic E-state index is -3.80. The zero-order valence-electron chi connectivity index (χ0n) is 15.0. The van der Waals surface area contributed by atoms with Gasteiger partial charge in [0, 0.05) is 32.2 Å². The number of carbonyl (C=O) groups is 1. The maximum Gasteiger partial charge on any atom is 0.256 e. The molecule has 2 unspecified atom stereocenters. The Kier molecular flexibility index (Phi) is 5.64. The second-order valence-electron chi connectivity index (χ2n) is 7.27. The van der Waals surface area contributed by atoms with Crippen molar-refractivity contribution in [2.24, 2.45) is 11.7 Å². The lowest BCUT2D eigenvalue weighted by molar-refractivity contribution is 0.0788. The topological polar surface area (TPSA) is 83.7 Å². The van der Waals surface area contributed by atoms with Gasteiger partial charge in [-0.1, -0.05) is 0 Å². The van der Waals surface area contributed by atoms with Crippen molar-refractivity contribution in [2.75, 3.05) is 26.2 Å². The summed E-state index contributed by atoms with van der Waals surface area (Å²) in [4.78, 5) is 13.8. The van der Waals surface area contributed by atoms with Gasteiger partial charge in [0.05, 0.1) is 10.5 Å². The van der Waals surface area contributed by atoms with Crippen LogP contribution in [0.5, 0.6) is 0 Å². The highest BCUT2D eigenvalue weighted by atomic mass is 32.2. The molecule has 2 atom stereocenters. The number of halogens is 1. The van der Waals surface area contributed by atoms with E-state index >= 15 is 0 Å². The Morgan fingerprint density at radius 3 is 2.54 bits per heavy atom. The maximum atomic E-state index is 14.5. The van der Waals surface area contributed by atoms with Crippen LogP contribution < -0.4 is 5.73 Å². The van der Waals surface area contributed by atoms with Gasteiger partial charge in [-0.05, 0) is 56.7 Å². The molecule has 0 spiro atoms. The van der Waals surface area contributed by atoms with Gasteiger partial charge in [-0.2, -0.15) is 4.31 Å². The van der Waals surface area contributed by atoms with E-state index in [2.05, 4.69) is 0 Å². The van der Waals surface area contributed by atoms with Crippen molar-refractivity contribution in [3.63, 3.8) is 0 Å². The Morgan fingerprint density at radius 2 is 1.92 bits per heavy atom. The van der Waals surface area contributed by atoms with E-state index in [1.165, 1.54) is 16.4 Å². The van der Waals surface area contributed by atoms with Crippen LogP contribution in [0.15, 0.2) is 23.1 Å². The molecule has 2 saturated heterocycles. The molecule has 6 nitrogen and oxygen atoms in total. The average molecular weight is 383 g/mol. The first-order valence-electron chi connectivity index (χ1n) is 9.15. The van der Waals surface area contributed by atoms with Crippen molar-refractivity contribution >= 4 is 15.9 Å². The number of piperidine rings is 1. The highest BCUT2D eigenvalue weighted by molar-refractivity contribution is 7.89. The summed E-state index contributed by atoms with van der Waals surface area (Å²) in [5, 5.41) is 0. The number of hydrogen-bond donors (Lipinski definition) is 1. The molecule has 2 fully saturated rings. The number of carbonyl (C=O) groups excluding carboxylic acids is 1. The lowest BCUT2D eigenvalue weighted by Crippen LogP contribution is -2.45. The number of benzene rings is 1. The molecular formula is C18H26FN3O3S. The van der Waals surface area contributed by atoms with Gasteiger partial charge in [0.25, 0.3) is 5.91 Å². The molecule has 0 bridgehead atoms. The number of nitrogens with zero attached hydrogens (tertiary/aromatic N) is 2. The van der Waals surface area contributed by atoms with Gasteiger partial charge in [0.2, 0.25) is 10.0 Å². The van der Waals surface area contributed by atoms with Crippen LogP contribution in [0.4, 0.5) is 4.39 Å². The van der Waals surface area contributed by atoms with E-state index in [1.54, 1.807) is 4.90 Å². The second kappa shape index (κ2) is 7.62. The molecule has 0 radical (unpaired) electrons. The third-order valence-corrected chi connectivity index (χ3v) is 7.23. The fraction of sp³-hybridized carbons (Fsp3) is 0.611. The van der Waals surface area contributed by atoms with Crippen LogP contribution in [0, 0.1) is 11.7 Å². The molecule has 2 heterocycles. The van der Waals surface area contributed by atoms with Crippen LogP contribution in [0.2, 0.25) is 0 Å². The quantitative estimate of drug-likeness (QED) is 0.859. The molecule has 1 amide bonds. The number of sulfonamides is 1. The smallest absolute Gasteiger partial charge is 0.256 e. The van der Waals surface area contributed by atoms with Crippen LogP contribution >= 0.6 is 0 Å². The second-order valence-corrected chi connectivity index (χ2v) is 9.20. The van der Waals surface area contributed by atoms with Gasteiger partial charge >= 0.3 is 0 Å². The first-order valence-corrected chi connectivity index (χ1v) is 10.6. The molecule has 26 heavy (non-hydrogen) atoms. The number of rotatable bonds is 4. The Morgan fingerprint density at radius 1 is 1.23 bits per heavy atom. The van der Waals surface area contributed by atoms with Crippen molar-refractivity contribution in [3.05, 3.63) is 29.6 Å². The van der Waals surface area contributed by atoms with E-state index < -0.39 is 15.8 Å². The normalized spacial score (nSPS) is 23.2. The largest absolute Gasteiger partial charge is 0.339 e. The zero-order chi connectivity index (χ0) is 18.9. The summed E-state index contributed by atoms with van der Waals surface area (Å²) in [5.74, 6) is -1.07. The third kappa shape index (κ3) is 3.77. The third-order valence-electron chi connectivity index (χ3n) is 5.37. The molecule has 2 aliphatic heterocycles. The first-order chi connectivity index (χ1) is 12.3. The average Bonchev–Trinajstić information content (AvgIpc) is 3.15. The summed E-state index contributed by atoms with van der Waals surface area (Å²) >= 11 is 0. The molecule has 3 rings (SSSR count). The summed E-state index contributed by atoms with van der Waals surface area (Å²) in [7, 11) is -3.80. The molecule has 1 aromatic carbocycles. The summed E-state index contributed by atoms with van der Waals surface area (Å²) in [6, 6.07) is 3.49.